The highest BCUT2D eigenvalue weighted by Gasteiger charge is 2.22. The van der Waals surface area contributed by atoms with Crippen molar-refractivity contribution in [2.24, 2.45) is 5.73 Å². The zero-order chi connectivity index (χ0) is 10.4. The largest absolute Gasteiger partial charge is 0.378 e. The molecule has 1 aliphatic heterocycles. The maximum Gasteiger partial charge on any atom is 0.0599 e. The van der Waals surface area contributed by atoms with Crippen LogP contribution in [0.2, 0.25) is 0 Å². The first-order chi connectivity index (χ1) is 6.77. The number of rotatable bonds is 5. The van der Waals surface area contributed by atoms with Gasteiger partial charge in [0.2, 0.25) is 0 Å². The van der Waals surface area contributed by atoms with Crippen molar-refractivity contribution in [3.8, 4) is 0 Å². The molecule has 0 bridgehead atoms. The topological polar surface area (TPSA) is 38.5 Å². The van der Waals surface area contributed by atoms with Crippen molar-refractivity contribution in [2.45, 2.75) is 45.3 Å². The van der Waals surface area contributed by atoms with Crippen LogP contribution in [0.5, 0.6) is 0 Å². The first-order valence-corrected chi connectivity index (χ1v) is 5.83. The molecular weight excluding hydrogens is 176 g/mol. The fourth-order valence-electron chi connectivity index (χ4n) is 2.14. The predicted octanol–water partition coefficient (Wildman–Crippen LogP) is 1.22. The van der Waals surface area contributed by atoms with Crippen LogP contribution in [0, 0.1) is 0 Å². The van der Waals surface area contributed by atoms with Gasteiger partial charge in [-0.15, -0.1) is 0 Å². The summed E-state index contributed by atoms with van der Waals surface area (Å²) in [6.45, 7) is 8.34. The molecule has 0 saturated carbocycles. The van der Waals surface area contributed by atoms with E-state index in [1.54, 1.807) is 0 Å². The van der Waals surface area contributed by atoms with Crippen molar-refractivity contribution in [2.75, 3.05) is 26.2 Å². The van der Waals surface area contributed by atoms with Gasteiger partial charge in [-0.05, 0) is 39.7 Å². The number of hydrogen-bond acceptors (Lipinski definition) is 3. The van der Waals surface area contributed by atoms with Crippen molar-refractivity contribution < 1.29 is 4.74 Å². The summed E-state index contributed by atoms with van der Waals surface area (Å²) in [5, 5.41) is 0. The lowest BCUT2D eigenvalue weighted by atomic mass is 10.0. The lowest BCUT2D eigenvalue weighted by Crippen LogP contribution is -2.42. The fourth-order valence-corrected chi connectivity index (χ4v) is 2.14. The Bertz CT molecular complexity index is 144. The normalized spacial score (nSPS) is 22.5. The number of nitrogens with zero attached hydrogens (tertiary/aromatic N) is 1. The lowest BCUT2D eigenvalue weighted by Gasteiger charge is -2.35. The van der Waals surface area contributed by atoms with Crippen LogP contribution in [0.25, 0.3) is 0 Å². The summed E-state index contributed by atoms with van der Waals surface area (Å²) in [6.07, 6.45) is 3.98. The molecule has 14 heavy (non-hydrogen) atoms. The molecule has 0 amide bonds. The van der Waals surface area contributed by atoms with Gasteiger partial charge in [-0.25, -0.2) is 0 Å². The molecule has 3 heteroatoms. The molecule has 1 fully saturated rings. The van der Waals surface area contributed by atoms with Gasteiger partial charge in [-0.2, -0.15) is 0 Å². The van der Waals surface area contributed by atoms with Crippen molar-refractivity contribution in [1.29, 1.82) is 0 Å². The van der Waals surface area contributed by atoms with E-state index in [9.17, 15) is 0 Å². The average Bonchev–Trinajstić information content (AvgIpc) is 2.20. The fraction of sp³-hybridized carbons (Fsp3) is 1.00. The molecule has 0 aromatic heterocycles. The van der Waals surface area contributed by atoms with Crippen LogP contribution in [0.15, 0.2) is 0 Å². The molecule has 2 N–H and O–H groups in total. The van der Waals surface area contributed by atoms with E-state index in [0.717, 1.165) is 19.6 Å². The maximum atomic E-state index is 5.62. The first kappa shape index (κ1) is 12.0. The van der Waals surface area contributed by atoms with E-state index in [2.05, 4.69) is 18.7 Å². The molecular formula is C11H24N2O. The van der Waals surface area contributed by atoms with Crippen molar-refractivity contribution in [3.05, 3.63) is 0 Å². The third-order valence-corrected chi connectivity index (χ3v) is 3.09. The van der Waals surface area contributed by atoms with Crippen molar-refractivity contribution in [3.63, 3.8) is 0 Å². The van der Waals surface area contributed by atoms with E-state index in [-0.39, 0.29) is 0 Å². The third kappa shape index (κ3) is 3.56. The highest BCUT2D eigenvalue weighted by Crippen LogP contribution is 2.16. The van der Waals surface area contributed by atoms with Gasteiger partial charge in [0.05, 0.1) is 6.10 Å². The summed E-state index contributed by atoms with van der Waals surface area (Å²) in [4.78, 5) is 2.53. The maximum absolute atomic E-state index is 5.62. The third-order valence-electron chi connectivity index (χ3n) is 3.09. The first-order valence-electron chi connectivity index (χ1n) is 5.83. The number of ether oxygens (including phenoxy) is 1. The Morgan fingerprint density at radius 3 is 2.57 bits per heavy atom. The molecule has 84 valence electrons. The van der Waals surface area contributed by atoms with Gasteiger partial charge in [0.25, 0.3) is 0 Å². The second-order valence-corrected chi connectivity index (χ2v) is 4.12. The van der Waals surface area contributed by atoms with E-state index in [1.165, 1.54) is 25.9 Å². The van der Waals surface area contributed by atoms with Crippen molar-refractivity contribution >= 4 is 0 Å². The Morgan fingerprint density at radius 2 is 2.07 bits per heavy atom. The van der Waals surface area contributed by atoms with E-state index >= 15 is 0 Å². The molecule has 1 rings (SSSR count). The Morgan fingerprint density at radius 1 is 1.43 bits per heavy atom. The monoisotopic (exact) mass is 200 g/mol. The molecule has 0 radical (unpaired) electrons. The minimum atomic E-state index is 0.501. The van der Waals surface area contributed by atoms with Crippen LogP contribution in [-0.4, -0.2) is 43.3 Å². The van der Waals surface area contributed by atoms with Crippen LogP contribution in [0.4, 0.5) is 0 Å². The van der Waals surface area contributed by atoms with E-state index in [0.29, 0.717) is 12.1 Å². The van der Waals surface area contributed by atoms with E-state index in [1.807, 2.05) is 0 Å². The summed E-state index contributed by atoms with van der Waals surface area (Å²) < 4.78 is 5.62. The van der Waals surface area contributed by atoms with Gasteiger partial charge in [-0.3, -0.25) is 0 Å². The van der Waals surface area contributed by atoms with Crippen LogP contribution >= 0.6 is 0 Å². The molecule has 1 aliphatic rings. The molecule has 1 heterocycles. The summed E-state index contributed by atoms with van der Waals surface area (Å²) >= 11 is 0. The van der Waals surface area contributed by atoms with Gasteiger partial charge in [0.15, 0.2) is 0 Å². The van der Waals surface area contributed by atoms with E-state index in [4.69, 9.17) is 10.5 Å². The van der Waals surface area contributed by atoms with Crippen molar-refractivity contribution in [1.82, 2.24) is 4.90 Å². The Hall–Kier alpha value is -0.120. The lowest BCUT2D eigenvalue weighted by molar-refractivity contribution is 0.00527. The minimum absolute atomic E-state index is 0.501. The molecule has 0 aliphatic carbocycles. The summed E-state index contributed by atoms with van der Waals surface area (Å²) in [6, 6.07) is 0.641. The second kappa shape index (κ2) is 6.38. The van der Waals surface area contributed by atoms with Crippen LogP contribution in [0.3, 0.4) is 0 Å². The Kier molecular flexibility index (Phi) is 5.45. The van der Waals surface area contributed by atoms with E-state index < -0.39 is 0 Å². The second-order valence-electron chi connectivity index (χ2n) is 4.12. The number of likely N-dealkylation sites (tertiary alicyclic amines) is 1. The summed E-state index contributed by atoms with van der Waals surface area (Å²) in [7, 11) is 0. The van der Waals surface area contributed by atoms with Crippen LogP contribution in [0.1, 0.15) is 33.1 Å². The number of hydrogen-bond donors (Lipinski definition) is 1. The van der Waals surface area contributed by atoms with Gasteiger partial charge in [-0.1, -0.05) is 0 Å². The van der Waals surface area contributed by atoms with Gasteiger partial charge >= 0.3 is 0 Å². The Labute approximate surface area is 87.6 Å². The van der Waals surface area contributed by atoms with Crippen LogP contribution in [-0.2, 0) is 4.74 Å². The molecule has 3 nitrogen and oxygen atoms in total. The van der Waals surface area contributed by atoms with Crippen LogP contribution < -0.4 is 5.73 Å². The predicted molar refractivity (Wildman–Crippen MR) is 59.4 cm³/mol. The molecule has 1 saturated heterocycles. The standard InChI is InChI=1S/C11H24N2O/c1-3-14-11-5-8-13(9-6-11)10(2)4-7-12/h10-11H,3-9,12H2,1-2H3. The smallest absolute Gasteiger partial charge is 0.0599 e. The minimum Gasteiger partial charge on any atom is -0.378 e. The zero-order valence-corrected chi connectivity index (χ0v) is 9.54. The zero-order valence-electron chi connectivity index (χ0n) is 9.54. The van der Waals surface area contributed by atoms with Gasteiger partial charge in [0, 0.05) is 25.7 Å². The van der Waals surface area contributed by atoms with Gasteiger partial charge < -0.3 is 15.4 Å². The summed E-state index contributed by atoms with van der Waals surface area (Å²) in [5.41, 5.74) is 5.56. The molecule has 1 atom stereocenters. The highest BCUT2D eigenvalue weighted by molar-refractivity contribution is 4.76. The number of nitrogens with two attached hydrogens (primary N) is 1. The SMILES string of the molecule is CCOC1CCN(C(C)CCN)CC1. The molecule has 1 unspecified atom stereocenters. The molecule has 0 aromatic carbocycles. The van der Waals surface area contributed by atoms with Gasteiger partial charge in [0.1, 0.15) is 0 Å². The Balaban J connectivity index is 2.21. The number of piperidine rings is 1. The quantitative estimate of drug-likeness (QED) is 0.725. The molecule has 0 spiro atoms. The highest BCUT2D eigenvalue weighted by atomic mass is 16.5. The molecule has 0 aromatic rings. The average molecular weight is 200 g/mol. The summed E-state index contributed by atoms with van der Waals surface area (Å²) in [5.74, 6) is 0.